The molecule has 164 valence electrons. The lowest BCUT2D eigenvalue weighted by atomic mass is 9.95. The number of hydrogen-bond acceptors (Lipinski definition) is 5. The van der Waals surface area contributed by atoms with Gasteiger partial charge in [0.05, 0.1) is 5.92 Å². The number of aromatic nitrogens is 2. The van der Waals surface area contributed by atoms with E-state index >= 15 is 0 Å². The lowest BCUT2D eigenvalue weighted by molar-refractivity contribution is -0.136. The Kier molecular flexibility index (Phi) is 5.47. The monoisotopic (exact) mass is 430 g/mol. The van der Waals surface area contributed by atoms with Gasteiger partial charge >= 0.3 is 0 Å². The van der Waals surface area contributed by atoms with E-state index in [-0.39, 0.29) is 30.1 Å². The molecule has 7 nitrogen and oxygen atoms in total. The Morgan fingerprint density at radius 3 is 2.47 bits per heavy atom. The topological polar surface area (TPSA) is 79.5 Å². The smallest absolute Gasteiger partial charge is 0.230 e. The molecule has 1 atom stereocenters. The van der Waals surface area contributed by atoms with Gasteiger partial charge in [-0.25, -0.2) is 0 Å². The van der Waals surface area contributed by atoms with Crippen molar-refractivity contribution in [3.05, 3.63) is 66.1 Å². The van der Waals surface area contributed by atoms with Crippen LogP contribution in [0.1, 0.15) is 36.6 Å². The molecule has 0 spiro atoms. The van der Waals surface area contributed by atoms with Crippen LogP contribution >= 0.6 is 0 Å². The molecule has 1 unspecified atom stereocenters. The minimum absolute atomic E-state index is 0.0152. The molecule has 3 aromatic rings. The Hall–Kier alpha value is -3.48. The van der Waals surface area contributed by atoms with Crippen molar-refractivity contribution in [2.24, 2.45) is 5.92 Å². The first kappa shape index (κ1) is 20.4. The maximum atomic E-state index is 13.1. The molecule has 2 aromatic carbocycles. The van der Waals surface area contributed by atoms with Crippen molar-refractivity contribution >= 4 is 17.5 Å². The largest absolute Gasteiger partial charge is 0.342 e. The highest BCUT2D eigenvalue weighted by Gasteiger charge is 2.38. The summed E-state index contributed by atoms with van der Waals surface area (Å²) in [5, 5.41) is 4.12. The fraction of sp³-hybridized carbons (Fsp3) is 0.360. The summed E-state index contributed by atoms with van der Waals surface area (Å²) in [6, 6.07) is 17.6. The summed E-state index contributed by atoms with van der Waals surface area (Å²) >= 11 is 0. The predicted molar refractivity (Wildman–Crippen MR) is 120 cm³/mol. The Balaban J connectivity index is 1.19. The number of benzene rings is 2. The van der Waals surface area contributed by atoms with E-state index in [0.717, 1.165) is 29.7 Å². The molecule has 3 heterocycles. The molecule has 0 saturated carbocycles. The highest BCUT2D eigenvalue weighted by atomic mass is 16.5. The number of amides is 2. The predicted octanol–water partition coefficient (Wildman–Crippen LogP) is 3.80. The molecule has 5 rings (SSSR count). The van der Waals surface area contributed by atoms with Crippen molar-refractivity contribution in [3.63, 3.8) is 0 Å². The lowest BCUT2D eigenvalue weighted by Gasteiger charge is -2.32. The number of anilines is 1. The fourth-order valence-corrected chi connectivity index (χ4v) is 4.56. The third-order valence-corrected chi connectivity index (χ3v) is 6.45. The average Bonchev–Trinajstić information content (AvgIpc) is 3.47. The zero-order valence-electron chi connectivity index (χ0n) is 18.1. The molecule has 2 amide bonds. The zero-order valence-corrected chi connectivity index (χ0v) is 18.1. The van der Waals surface area contributed by atoms with Crippen LogP contribution in [0.25, 0.3) is 11.4 Å². The van der Waals surface area contributed by atoms with Crippen LogP contribution in [-0.2, 0) is 9.59 Å². The molecule has 32 heavy (non-hydrogen) atoms. The molecule has 2 fully saturated rings. The Morgan fingerprint density at radius 2 is 1.75 bits per heavy atom. The summed E-state index contributed by atoms with van der Waals surface area (Å²) in [7, 11) is 0. The molecular weight excluding hydrogens is 404 g/mol. The molecule has 2 aliphatic rings. The number of nitrogens with zero attached hydrogens (tertiary/aromatic N) is 4. The zero-order chi connectivity index (χ0) is 22.1. The molecular formula is C25H26N4O3. The van der Waals surface area contributed by atoms with E-state index in [1.807, 2.05) is 66.4 Å². The van der Waals surface area contributed by atoms with E-state index in [2.05, 4.69) is 10.1 Å². The van der Waals surface area contributed by atoms with Gasteiger partial charge in [-0.15, -0.1) is 0 Å². The van der Waals surface area contributed by atoms with E-state index in [1.165, 1.54) is 0 Å². The summed E-state index contributed by atoms with van der Waals surface area (Å²) in [6.07, 6.45) is 1.84. The Bertz CT molecular complexity index is 1100. The van der Waals surface area contributed by atoms with Crippen molar-refractivity contribution < 1.29 is 14.1 Å². The Morgan fingerprint density at radius 1 is 1.03 bits per heavy atom. The third-order valence-electron chi connectivity index (χ3n) is 6.45. The third kappa shape index (κ3) is 4.02. The van der Waals surface area contributed by atoms with Gasteiger partial charge in [-0.1, -0.05) is 53.2 Å². The minimum atomic E-state index is -0.284. The van der Waals surface area contributed by atoms with Crippen molar-refractivity contribution in [2.75, 3.05) is 24.5 Å². The number of hydrogen-bond donors (Lipinski definition) is 0. The second-order valence-corrected chi connectivity index (χ2v) is 8.66. The van der Waals surface area contributed by atoms with Crippen LogP contribution in [0, 0.1) is 12.8 Å². The maximum absolute atomic E-state index is 13.1. The maximum Gasteiger partial charge on any atom is 0.230 e. The molecule has 0 aliphatic carbocycles. The fourth-order valence-electron chi connectivity index (χ4n) is 4.56. The van der Waals surface area contributed by atoms with Crippen molar-refractivity contribution in [1.29, 1.82) is 0 Å². The molecule has 0 radical (unpaired) electrons. The van der Waals surface area contributed by atoms with Crippen LogP contribution in [-0.4, -0.2) is 46.5 Å². The standard InChI is InChI=1S/C25H26N4O3/c1-17-7-9-21(10-8-17)29-16-20(15-22(29)30)25(31)28-13-11-19(12-14-28)24-26-23(27-32-24)18-5-3-2-4-6-18/h2-10,19-20H,11-16H2,1H3. The molecule has 2 saturated heterocycles. The van der Waals surface area contributed by atoms with Gasteiger partial charge in [-0.05, 0) is 31.9 Å². The number of aryl methyl sites for hydroxylation is 1. The SMILES string of the molecule is Cc1ccc(N2CC(C(=O)N3CCC(c4nc(-c5ccccc5)no4)CC3)CC2=O)cc1. The van der Waals surface area contributed by atoms with Gasteiger partial charge in [-0.2, -0.15) is 4.98 Å². The van der Waals surface area contributed by atoms with Crippen molar-refractivity contribution in [2.45, 2.75) is 32.1 Å². The van der Waals surface area contributed by atoms with Crippen LogP contribution in [0.15, 0.2) is 59.1 Å². The van der Waals surface area contributed by atoms with Crippen LogP contribution in [0.3, 0.4) is 0 Å². The van der Waals surface area contributed by atoms with Crippen LogP contribution in [0.2, 0.25) is 0 Å². The van der Waals surface area contributed by atoms with Gasteiger partial charge in [0.15, 0.2) is 0 Å². The normalized spacial score (nSPS) is 19.5. The quantitative estimate of drug-likeness (QED) is 0.629. The average molecular weight is 431 g/mol. The number of piperidine rings is 1. The molecule has 2 aliphatic heterocycles. The minimum Gasteiger partial charge on any atom is -0.342 e. The van der Waals surface area contributed by atoms with Gasteiger partial charge in [0.1, 0.15) is 0 Å². The summed E-state index contributed by atoms with van der Waals surface area (Å²) in [5.74, 6) is 1.19. The van der Waals surface area contributed by atoms with Crippen LogP contribution < -0.4 is 4.90 Å². The number of rotatable bonds is 4. The second kappa shape index (κ2) is 8.57. The van der Waals surface area contributed by atoms with E-state index in [9.17, 15) is 9.59 Å². The molecule has 1 aromatic heterocycles. The highest BCUT2D eigenvalue weighted by molar-refractivity contribution is 6.00. The lowest BCUT2D eigenvalue weighted by Crippen LogP contribution is -2.42. The van der Waals surface area contributed by atoms with Gasteiger partial charge in [0.2, 0.25) is 23.5 Å². The second-order valence-electron chi connectivity index (χ2n) is 8.66. The van der Waals surface area contributed by atoms with Crippen LogP contribution in [0.4, 0.5) is 5.69 Å². The van der Waals surface area contributed by atoms with Crippen molar-refractivity contribution in [3.8, 4) is 11.4 Å². The summed E-state index contributed by atoms with van der Waals surface area (Å²) in [5.41, 5.74) is 2.94. The number of likely N-dealkylation sites (tertiary alicyclic amines) is 1. The first-order valence-electron chi connectivity index (χ1n) is 11.1. The molecule has 0 N–H and O–H groups in total. The first-order valence-corrected chi connectivity index (χ1v) is 11.1. The highest BCUT2D eigenvalue weighted by Crippen LogP contribution is 2.31. The number of carbonyl (C=O) groups is 2. The summed E-state index contributed by atoms with van der Waals surface area (Å²) in [4.78, 5) is 33.8. The van der Waals surface area contributed by atoms with Gasteiger partial charge in [0, 0.05) is 43.2 Å². The van der Waals surface area contributed by atoms with Crippen LogP contribution in [0.5, 0.6) is 0 Å². The molecule has 7 heteroatoms. The molecule has 0 bridgehead atoms. The Labute approximate surface area is 187 Å². The van der Waals surface area contributed by atoms with E-state index < -0.39 is 0 Å². The van der Waals surface area contributed by atoms with Gasteiger partial charge in [0.25, 0.3) is 0 Å². The van der Waals surface area contributed by atoms with Crippen molar-refractivity contribution in [1.82, 2.24) is 15.0 Å². The van der Waals surface area contributed by atoms with E-state index in [1.54, 1.807) is 4.90 Å². The summed E-state index contributed by atoms with van der Waals surface area (Å²) < 4.78 is 5.52. The van der Waals surface area contributed by atoms with E-state index in [4.69, 9.17) is 4.52 Å². The van der Waals surface area contributed by atoms with E-state index in [0.29, 0.717) is 31.3 Å². The summed E-state index contributed by atoms with van der Waals surface area (Å²) in [6.45, 7) is 3.75. The van der Waals surface area contributed by atoms with Gasteiger partial charge in [-0.3, -0.25) is 9.59 Å². The van der Waals surface area contributed by atoms with Gasteiger partial charge < -0.3 is 14.3 Å². The number of carbonyl (C=O) groups excluding carboxylic acids is 2. The first-order chi connectivity index (χ1) is 15.6.